The highest BCUT2D eigenvalue weighted by Gasteiger charge is 2.52. The molecule has 0 radical (unpaired) electrons. The van der Waals surface area contributed by atoms with Crippen LogP contribution in [0.5, 0.6) is 0 Å². The summed E-state index contributed by atoms with van der Waals surface area (Å²) in [6, 6.07) is -0.488. The number of hydrogen-bond acceptors (Lipinski definition) is 4. The standard InChI is InChI=1S/C15H22N2O4/c1-3-4-9-21-12(18)10-17-13(19)15(16-14(17)20)7-5-11(2)6-8-15/h3-4,11H,5-10H2,1-2H3,(H,16,20). The van der Waals surface area contributed by atoms with Crippen LogP contribution in [0.1, 0.15) is 39.5 Å². The van der Waals surface area contributed by atoms with Gasteiger partial charge in [-0.15, -0.1) is 0 Å². The minimum absolute atomic E-state index is 0.154. The fraction of sp³-hybridized carbons (Fsp3) is 0.667. The number of rotatable bonds is 4. The van der Waals surface area contributed by atoms with Crippen LogP contribution in [-0.4, -0.2) is 41.5 Å². The second-order valence-electron chi connectivity index (χ2n) is 5.84. The molecule has 1 N–H and O–H groups in total. The average Bonchev–Trinajstić information content (AvgIpc) is 2.67. The Balaban J connectivity index is 1.97. The van der Waals surface area contributed by atoms with Crippen molar-refractivity contribution in [2.45, 2.75) is 45.1 Å². The van der Waals surface area contributed by atoms with Crippen LogP contribution < -0.4 is 5.32 Å². The summed E-state index contributed by atoms with van der Waals surface area (Å²) in [6.45, 7) is 3.80. The summed E-state index contributed by atoms with van der Waals surface area (Å²) >= 11 is 0. The highest BCUT2D eigenvalue weighted by molar-refractivity contribution is 6.08. The number of allylic oxidation sites excluding steroid dienone is 1. The van der Waals surface area contributed by atoms with E-state index in [-0.39, 0.29) is 19.1 Å². The summed E-state index contributed by atoms with van der Waals surface area (Å²) < 4.78 is 4.93. The zero-order valence-electron chi connectivity index (χ0n) is 12.6. The maximum absolute atomic E-state index is 12.5. The second-order valence-corrected chi connectivity index (χ2v) is 5.84. The van der Waals surface area contributed by atoms with Crippen molar-refractivity contribution in [2.75, 3.05) is 13.2 Å². The van der Waals surface area contributed by atoms with Gasteiger partial charge in [-0.3, -0.25) is 14.5 Å². The molecular formula is C15H22N2O4. The topological polar surface area (TPSA) is 75.7 Å². The van der Waals surface area contributed by atoms with Crippen molar-refractivity contribution in [2.24, 2.45) is 5.92 Å². The predicted octanol–water partition coefficient (Wildman–Crippen LogP) is 1.61. The summed E-state index contributed by atoms with van der Waals surface area (Å²) in [6.07, 6.45) is 6.55. The van der Waals surface area contributed by atoms with Gasteiger partial charge in [0.1, 0.15) is 18.7 Å². The Morgan fingerprint density at radius 2 is 2.10 bits per heavy atom. The number of ether oxygens (including phenoxy) is 1. The molecule has 0 bridgehead atoms. The van der Waals surface area contributed by atoms with E-state index in [0.717, 1.165) is 17.7 Å². The lowest BCUT2D eigenvalue weighted by atomic mass is 9.77. The molecule has 3 amide bonds. The van der Waals surface area contributed by atoms with E-state index in [1.807, 2.05) is 6.92 Å². The van der Waals surface area contributed by atoms with Crippen molar-refractivity contribution in [3.63, 3.8) is 0 Å². The van der Waals surface area contributed by atoms with E-state index in [4.69, 9.17) is 4.74 Å². The predicted molar refractivity (Wildman–Crippen MR) is 76.4 cm³/mol. The van der Waals surface area contributed by atoms with Gasteiger partial charge in [-0.25, -0.2) is 4.79 Å². The van der Waals surface area contributed by atoms with Crippen molar-refractivity contribution >= 4 is 17.9 Å². The molecule has 116 valence electrons. The molecule has 2 fully saturated rings. The lowest BCUT2D eigenvalue weighted by Gasteiger charge is -2.33. The summed E-state index contributed by atoms with van der Waals surface area (Å²) in [5.41, 5.74) is -0.798. The third-order valence-corrected chi connectivity index (χ3v) is 4.24. The fourth-order valence-corrected chi connectivity index (χ4v) is 2.83. The summed E-state index contributed by atoms with van der Waals surface area (Å²) in [7, 11) is 0. The summed E-state index contributed by atoms with van der Waals surface area (Å²) in [4.78, 5) is 37.1. The van der Waals surface area contributed by atoms with Gasteiger partial charge in [0.25, 0.3) is 5.91 Å². The molecule has 0 aromatic rings. The van der Waals surface area contributed by atoms with E-state index < -0.39 is 17.5 Å². The molecule has 6 heteroatoms. The highest BCUT2D eigenvalue weighted by atomic mass is 16.5. The van der Waals surface area contributed by atoms with Crippen LogP contribution in [0.2, 0.25) is 0 Å². The molecule has 0 unspecified atom stereocenters. The molecule has 1 heterocycles. The fourth-order valence-electron chi connectivity index (χ4n) is 2.83. The molecule has 21 heavy (non-hydrogen) atoms. The van der Waals surface area contributed by atoms with E-state index in [9.17, 15) is 14.4 Å². The number of esters is 1. The molecule has 1 spiro atoms. The number of carbonyl (C=O) groups is 3. The molecule has 2 rings (SSSR count). The highest BCUT2D eigenvalue weighted by Crippen LogP contribution is 2.36. The number of hydrogen-bond donors (Lipinski definition) is 1. The summed E-state index contributed by atoms with van der Waals surface area (Å²) in [5, 5.41) is 2.78. The van der Waals surface area contributed by atoms with Gasteiger partial charge in [0.2, 0.25) is 0 Å². The van der Waals surface area contributed by atoms with Crippen LogP contribution in [0.25, 0.3) is 0 Å². The van der Waals surface area contributed by atoms with E-state index in [1.165, 1.54) is 0 Å². The van der Waals surface area contributed by atoms with Crippen LogP contribution in [-0.2, 0) is 14.3 Å². The Bertz CT molecular complexity index is 464. The summed E-state index contributed by atoms with van der Waals surface area (Å²) in [5.74, 6) is -0.291. The SMILES string of the molecule is CC=CCOC(=O)CN1C(=O)NC2(CCC(C)CC2)C1=O. The van der Waals surface area contributed by atoms with E-state index >= 15 is 0 Å². The number of amides is 3. The molecular weight excluding hydrogens is 272 g/mol. The van der Waals surface area contributed by atoms with Gasteiger partial charge in [-0.2, -0.15) is 0 Å². The zero-order valence-corrected chi connectivity index (χ0v) is 12.6. The molecule has 0 aromatic heterocycles. The Labute approximate surface area is 124 Å². The quantitative estimate of drug-likeness (QED) is 0.485. The first kappa shape index (κ1) is 15.5. The second kappa shape index (κ2) is 6.28. The van der Waals surface area contributed by atoms with Gasteiger partial charge >= 0.3 is 12.0 Å². The smallest absolute Gasteiger partial charge is 0.326 e. The molecule has 6 nitrogen and oxygen atoms in total. The molecule has 1 aliphatic carbocycles. The van der Waals surface area contributed by atoms with Crippen molar-refractivity contribution in [1.82, 2.24) is 10.2 Å². The number of carbonyl (C=O) groups excluding carboxylic acids is 3. The number of imide groups is 1. The molecule has 1 saturated heterocycles. The van der Waals surface area contributed by atoms with Gasteiger partial charge in [-0.1, -0.05) is 19.1 Å². The Morgan fingerprint density at radius 3 is 2.71 bits per heavy atom. The van der Waals surface area contributed by atoms with Crippen LogP contribution in [0.4, 0.5) is 4.79 Å². The minimum Gasteiger partial charge on any atom is -0.460 e. The third-order valence-electron chi connectivity index (χ3n) is 4.24. The molecule has 0 aromatic carbocycles. The van der Waals surface area contributed by atoms with Crippen molar-refractivity contribution in [3.05, 3.63) is 12.2 Å². The first-order valence-electron chi connectivity index (χ1n) is 7.39. The maximum atomic E-state index is 12.5. The number of urea groups is 1. The van der Waals surface area contributed by atoms with Gasteiger partial charge in [-0.05, 0) is 38.5 Å². The largest absolute Gasteiger partial charge is 0.460 e. The first-order chi connectivity index (χ1) is 9.98. The van der Waals surface area contributed by atoms with Crippen LogP contribution >= 0.6 is 0 Å². The minimum atomic E-state index is -0.798. The van der Waals surface area contributed by atoms with Crippen LogP contribution in [0, 0.1) is 5.92 Å². The zero-order chi connectivity index (χ0) is 15.5. The number of nitrogens with zero attached hydrogens (tertiary/aromatic N) is 1. The monoisotopic (exact) mass is 294 g/mol. The average molecular weight is 294 g/mol. The normalized spacial score (nSPS) is 29.2. The van der Waals surface area contributed by atoms with E-state index in [2.05, 4.69) is 12.2 Å². The Hall–Kier alpha value is -1.85. The van der Waals surface area contributed by atoms with Crippen LogP contribution in [0.3, 0.4) is 0 Å². The molecule has 1 saturated carbocycles. The molecule has 0 atom stereocenters. The lowest BCUT2D eigenvalue weighted by Crippen LogP contribution is -2.49. The van der Waals surface area contributed by atoms with Gasteiger partial charge < -0.3 is 10.1 Å². The van der Waals surface area contributed by atoms with Crippen molar-refractivity contribution in [1.29, 1.82) is 0 Å². The van der Waals surface area contributed by atoms with E-state index in [0.29, 0.717) is 18.8 Å². The van der Waals surface area contributed by atoms with Crippen LogP contribution in [0.15, 0.2) is 12.2 Å². The maximum Gasteiger partial charge on any atom is 0.326 e. The molecule has 1 aliphatic heterocycles. The van der Waals surface area contributed by atoms with Gasteiger partial charge in [0.05, 0.1) is 0 Å². The van der Waals surface area contributed by atoms with Crippen molar-refractivity contribution in [3.8, 4) is 0 Å². The first-order valence-corrected chi connectivity index (χ1v) is 7.39. The van der Waals surface area contributed by atoms with Gasteiger partial charge in [0.15, 0.2) is 0 Å². The van der Waals surface area contributed by atoms with E-state index in [1.54, 1.807) is 12.2 Å². The molecule has 2 aliphatic rings. The van der Waals surface area contributed by atoms with Crippen molar-refractivity contribution < 1.29 is 19.1 Å². The lowest BCUT2D eigenvalue weighted by molar-refractivity contribution is -0.147. The Kier molecular flexibility index (Phi) is 4.65. The number of nitrogens with one attached hydrogen (secondary N) is 1. The third kappa shape index (κ3) is 3.25. The Morgan fingerprint density at radius 1 is 1.43 bits per heavy atom. The van der Waals surface area contributed by atoms with Gasteiger partial charge in [0, 0.05) is 0 Å².